The molecule has 3 rings (SSSR count). The Morgan fingerprint density at radius 3 is 2.82 bits per heavy atom. The van der Waals surface area contributed by atoms with E-state index in [1.807, 2.05) is 19.1 Å². The number of nitrogens with zero attached hydrogens (tertiary/aromatic N) is 1. The number of fused-ring (bicyclic) bond motifs is 1. The van der Waals surface area contributed by atoms with E-state index in [1.54, 1.807) is 29.2 Å². The minimum absolute atomic E-state index is 0.125. The van der Waals surface area contributed by atoms with Crippen LogP contribution < -0.4 is 0 Å². The minimum atomic E-state index is -4.42. The van der Waals surface area contributed by atoms with Gasteiger partial charge < -0.3 is 5.11 Å². The molecule has 0 fully saturated rings. The largest absolute Gasteiger partial charge is 0.481 e. The smallest absolute Gasteiger partial charge is 0.416 e. The van der Waals surface area contributed by atoms with Gasteiger partial charge in [-0.15, -0.1) is 23.1 Å². The van der Waals surface area contributed by atoms with Gasteiger partial charge in [0.05, 0.1) is 11.3 Å². The SMILES string of the molecule is C=C/C(=C\C=C\c1nc2c(s1)CCCC[C@H]2CSc1ccc(CCC(=O)O)c(C)c1)C(F)(F)F. The molecule has 0 spiro atoms. The molecule has 0 unspecified atom stereocenters. The van der Waals surface area contributed by atoms with E-state index in [-0.39, 0.29) is 6.42 Å². The molecule has 0 radical (unpaired) electrons. The summed E-state index contributed by atoms with van der Waals surface area (Å²) in [5, 5.41) is 9.63. The van der Waals surface area contributed by atoms with Gasteiger partial charge in [-0.05, 0) is 68.0 Å². The van der Waals surface area contributed by atoms with Crippen molar-refractivity contribution in [2.45, 2.75) is 62.4 Å². The van der Waals surface area contributed by atoms with Gasteiger partial charge in [0.1, 0.15) is 5.01 Å². The van der Waals surface area contributed by atoms with E-state index >= 15 is 0 Å². The highest BCUT2D eigenvalue weighted by molar-refractivity contribution is 7.99. The predicted octanol–water partition coefficient (Wildman–Crippen LogP) is 7.76. The molecule has 1 atom stereocenters. The summed E-state index contributed by atoms with van der Waals surface area (Å²) in [4.78, 5) is 18.0. The van der Waals surface area contributed by atoms with Gasteiger partial charge in [0.2, 0.25) is 0 Å². The Balaban J connectivity index is 1.70. The van der Waals surface area contributed by atoms with Gasteiger partial charge in [0.25, 0.3) is 0 Å². The summed E-state index contributed by atoms with van der Waals surface area (Å²) in [5.41, 5.74) is 2.45. The van der Waals surface area contributed by atoms with Crippen molar-refractivity contribution in [2.24, 2.45) is 0 Å². The molecule has 182 valence electrons. The molecule has 1 N–H and O–H groups in total. The molecule has 8 heteroatoms. The maximum absolute atomic E-state index is 12.9. The number of carboxylic acids is 1. The lowest BCUT2D eigenvalue weighted by Gasteiger charge is -2.14. The highest BCUT2D eigenvalue weighted by Crippen LogP contribution is 2.38. The number of hydrogen-bond acceptors (Lipinski definition) is 4. The molecule has 0 aliphatic heterocycles. The summed E-state index contributed by atoms with van der Waals surface area (Å²) >= 11 is 3.33. The number of thioether (sulfide) groups is 1. The first-order valence-corrected chi connectivity index (χ1v) is 13.0. The number of rotatable bonds is 9. The summed E-state index contributed by atoms with van der Waals surface area (Å²) in [6.45, 7) is 5.25. The third kappa shape index (κ3) is 7.34. The van der Waals surface area contributed by atoms with Crippen molar-refractivity contribution < 1.29 is 23.1 Å². The van der Waals surface area contributed by atoms with E-state index in [4.69, 9.17) is 10.1 Å². The predicted molar refractivity (Wildman–Crippen MR) is 134 cm³/mol. The Morgan fingerprint density at radius 2 is 2.15 bits per heavy atom. The molecule has 2 aromatic rings. The number of halogens is 3. The van der Waals surface area contributed by atoms with Crippen molar-refractivity contribution in [1.82, 2.24) is 4.98 Å². The first-order chi connectivity index (χ1) is 16.2. The van der Waals surface area contributed by atoms with Crippen molar-refractivity contribution >= 4 is 35.1 Å². The van der Waals surface area contributed by atoms with E-state index in [0.29, 0.717) is 12.3 Å². The zero-order chi connectivity index (χ0) is 24.7. The number of aryl methyl sites for hydroxylation is 3. The maximum atomic E-state index is 12.9. The number of allylic oxidation sites excluding steroid dienone is 4. The molecule has 1 heterocycles. The number of aliphatic carboxylic acids is 1. The topological polar surface area (TPSA) is 50.2 Å². The van der Waals surface area contributed by atoms with Crippen LogP contribution in [0, 0.1) is 6.92 Å². The molecule has 3 nitrogen and oxygen atoms in total. The van der Waals surface area contributed by atoms with Crippen LogP contribution in [0.2, 0.25) is 0 Å². The number of thiazole rings is 1. The fourth-order valence-electron chi connectivity index (χ4n) is 3.92. The molecule has 0 saturated carbocycles. The molecule has 34 heavy (non-hydrogen) atoms. The van der Waals surface area contributed by atoms with Gasteiger partial charge in [-0.1, -0.05) is 31.2 Å². The highest BCUT2D eigenvalue weighted by atomic mass is 32.2. The summed E-state index contributed by atoms with van der Waals surface area (Å²) in [7, 11) is 0. The maximum Gasteiger partial charge on any atom is 0.416 e. The van der Waals surface area contributed by atoms with Gasteiger partial charge >= 0.3 is 12.1 Å². The second-order valence-corrected chi connectivity index (χ2v) is 10.5. The third-order valence-electron chi connectivity index (χ3n) is 5.77. The normalized spacial score (nSPS) is 16.9. The van der Waals surface area contributed by atoms with Crippen molar-refractivity contribution in [3.05, 3.63) is 75.3 Å². The van der Waals surface area contributed by atoms with Crippen LogP contribution in [0.1, 0.15) is 58.3 Å². The lowest BCUT2D eigenvalue weighted by Crippen LogP contribution is -2.09. The fourth-order valence-corrected chi connectivity index (χ4v) is 6.17. The number of carboxylic acid groups (broad SMARTS) is 1. The lowest BCUT2D eigenvalue weighted by atomic mass is 10.0. The molecule has 1 aliphatic carbocycles. The van der Waals surface area contributed by atoms with Gasteiger partial charge in [-0.2, -0.15) is 13.2 Å². The first kappa shape index (κ1) is 26.3. The van der Waals surface area contributed by atoms with Crippen LogP contribution in [0.4, 0.5) is 13.2 Å². The molecular weight excluding hydrogens is 479 g/mol. The highest BCUT2D eigenvalue weighted by Gasteiger charge is 2.30. The van der Waals surface area contributed by atoms with Crippen LogP contribution in [0.15, 0.2) is 53.5 Å². The molecule has 1 aliphatic rings. The van der Waals surface area contributed by atoms with E-state index in [2.05, 4.69) is 12.6 Å². The van der Waals surface area contributed by atoms with Gasteiger partial charge in [0, 0.05) is 27.9 Å². The Morgan fingerprint density at radius 1 is 1.35 bits per heavy atom. The Kier molecular flexibility index (Phi) is 9.19. The molecule has 0 saturated heterocycles. The Labute approximate surface area is 206 Å². The molecule has 0 bridgehead atoms. The molecule has 1 aromatic heterocycles. The summed E-state index contributed by atoms with van der Waals surface area (Å²) in [6, 6.07) is 6.17. The van der Waals surface area contributed by atoms with E-state index in [9.17, 15) is 18.0 Å². The van der Waals surface area contributed by atoms with Crippen LogP contribution >= 0.6 is 23.1 Å². The van der Waals surface area contributed by atoms with Gasteiger partial charge in [0.15, 0.2) is 0 Å². The summed E-state index contributed by atoms with van der Waals surface area (Å²) in [6.07, 6.45) is 5.31. The fraction of sp³-hybridized carbons (Fsp3) is 0.385. The average molecular weight is 508 g/mol. The van der Waals surface area contributed by atoms with Crippen LogP contribution in [-0.4, -0.2) is 28.0 Å². The summed E-state index contributed by atoms with van der Waals surface area (Å²) < 4.78 is 38.6. The zero-order valence-electron chi connectivity index (χ0n) is 19.0. The van der Waals surface area contributed by atoms with Crippen LogP contribution in [0.5, 0.6) is 0 Å². The number of alkyl halides is 3. The van der Waals surface area contributed by atoms with Gasteiger partial charge in [-0.25, -0.2) is 4.98 Å². The second-order valence-electron chi connectivity index (χ2n) is 8.28. The Bertz CT molecular complexity index is 1090. The van der Waals surface area contributed by atoms with Gasteiger partial charge in [-0.3, -0.25) is 4.79 Å². The van der Waals surface area contributed by atoms with Crippen molar-refractivity contribution in [2.75, 3.05) is 5.75 Å². The molecule has 1 aromatic carbocycles. The quantitative estimate of drug-likeness (QED) is 0.214. The monoisotopic (exact) mass is 507 g/mol. The van der Waals surface area contributed by atoms with E-state index in [1.165, 1.54) is 11.0 Å². The average Bonchev–Trinajstić information content (AvgIpc) is 3.07. The van der Waals surface area contributed by atoms with E-state index in [0.717, 1.165) is 70.3 Å². The van der Waals surface area contributed by atoms with Crippen LogP contribution in [0.25, 0.3) is 6.08 Å². The molecular formula is C26H28F3NO2S2. The van der Waals surface area contributed by atoms with Crippen LogP contribution in [-0.2, 0) is 17.6 Å². The minimum Gasteiger partial charge on any atom is -0.481 e. The summed E-state index contributed by atoms with van der Waals surface area (Å²) in [5.74, 6) is 0.377. The van der Waals surface area contributed by atoms with Crippen molar-refractivity contribution in [3.8, 4) is 0 Å². The number of benzene rings is 1. The lowest BCUT2D eigenvalue weighted by molar-refractivity contribution is -0.136. The second kappa shape index (κ2) is 11.9. The Hall–Kier alpha value is -2.32. The third-order valence-corrected chi connectivity index (χ3v) is 8.02. The van der Waals surface area contributed by atoms with E-state index < -0.39 is 17.7 Å². The number of aromatic nitrogens is 1. The first-order valence-electron chi connectivity index (χ1n) is 11.2. The standard InChI is InChI=1S/C26H28F3NO2S2/c1-3-20(26(27,28)29)8-6-10-23-30-25-19(7-4-5-9-22(25)34-23)16-33-21-13-11-18(17(2)15-21)12-14-24(31)32/h3,6,8,10-11,13,15,19H,1,4-5,7,9,12,14,16H2,2H3,(H,31,32)/b10-6+,20-8+/t19-/m0/s1. The molecule has 0 amide bonds. The zero-order valence-corrected chi connectivity index (χ0v) is 20.7. The van der Waals surface area contributed by atoms with Crippen LogP contribution in [0.3, 0.4) is 0 Å². The van der Waals surface area contributed by atoms with Crippen molar-refractivity contribution in [1.29, 1.82) is 0 Å². The number of carbonyl (C=O) groups is 1. The van der Waals surface area contributed by atoms with Crippen molar-refractivity contribution in [3.63, 3.8) is 0 Å². The number of hydrogen-bond donors (Lipinski definition) is 1.